The fourth-order valence-corrected chi connectivity index (χ4v) is 2.70. The molecule has 0 aliphatic heterocycles. The third kappa shape index (κ3) is 9.77. The van der Waals surface area contributed by atoms with Crippen LogP contribution in [0.5, 0.6) is 0 Å². The van der Waals surface area contributed by atoms with Crippen LogP contribution in [0.1, 0.15) is 34.8 Å². The third-order valence-electron chi connectivity index (χ3n) is 4.25. The highest BCUT2D eigenvalue weighted by atomic mass is 127. The van der Waals surface area contributed by atoms with E-state index < -0.39 is 0 Å². The molecule has 0 spiro atoms. The molecule has 0 bridgehead atoms. The molecule has 1 aromatic carbocycles. The summed E-state index contributed by atoms with van der Waals surface area (Å²) in [7, 11) is 1.62. The number of aryl methyl sites for hydroxylation is 1. The minimum Gasteiger partial charge on any atom is -0.357 e. The largest absolute Gasteiger partial charge is 0.357 e. The molecule has 1 aromatic heterocycles. The lowest BCUT2D eigenvalue weighted by Crippen LogP contribution is -2.38. The second-order valence-corrected chi connectivity index (χ2v) is 6.74. The molecule has 0 fully saturated rings. The van der Waals surface area contributed by atoms with E-state index in [1.807, 2.05) is 38.1 Å². The van der Waals surface area contributed by atoms with Gasteiger partial charge in [0.25, 0.3) is 5.91 Å². The molecule has 0 saturated carbocycles. The number of amides is 2. The molecule has 31 heavy (non-hydrogen) atoms. The van der Waals surface area contributed by atoms with Gasteiger partial charge in [-0.2, -0.15) is 0 Å². The molecule has 0 saturated heterocycles. The van der Waals surface area contributed by atoms with Crippen LogP contribution in [0.15, 0.2) is 47.6 Å². The molecule has 2 rings (SSSR count). The van der Waals surface area contributed by atoms with Crippen molar-refractivity contribution in [3.05, 3.63) is 59.3 Å². The van der Waals surface area contributed by atoms with E-state index >= 15 is 0 Å². The average molecular weight is 538 g/mol. The topological polar surface area (TPSA) is 108 Å². The van der Waals surface area contributed by atoms with Crippen molar-refractivity contribution in [1.82, 2.24) is 20.9 Å². The van der Waals surface area contributed by atoms with E-state index in [0.29, 0.717) is 30.4 Å². The first kappa shape index (κ1) is 26.3. The molecule has 2 aromatic rings. The van der Waals surface area contributed by atoms with Gasteiger partial charge in [0.1, 0.15) is 5.82 Å². The van der Waals surface area contributed by atoms with Gasteiger partial charge in [-0.1, -0.05) is 18.2 Å². The molecule has 0 aliphatic rings. The van der Waals surface area contributed by atoms with Crippen LogP contribution in [-0.4, -0.2) is 49.4 Å². The monoisotopic (exact) mass is 538 g/mol. The van der Waals surface area contributed by atoms with Gasteiger partial charge in [0.15, 0.2) is 5.96 Å². The molecular formula is C22H31IN6O2. The summed E-state index contributed by atoms with van der Waals surface area (Å²) in [6, 6.07) is 11.2. The maximum absolute atomic E-state index is 12.1. The lowest BCUT2D eigenvalue weighted by Gasteiger charge is -2.12. The van der Waals surface area contributed by atoms with Crippen LogP contribution in [0, 0.1) is 6.92 Å². The molecule has 0 unspecified atom stereocenters. The molecule has 9 heteroatoms. The highest BCUT2D eigenvalue weighted by Crippen LogP contribution is 2.06. The number of nitrogens with one attached hydrogen (secondary N) is 4. The lowest BCUT2D eigenvalue weighted by atomic mass is 10.1. The van der Waals surface area contributed by atoms with E-state index in [1.165, 1.54) is 0 Å². The summed E-state index contributed by atoms with van der Waals surface area (Å²) in [6.07, 6.45) is 2.72. The quantitative estimate of drug-likeness (QED) is 0.223. The van der Waals surface area contributed by atoms with E-state index in [0.717, 1.165) is 24.1 Å². The van der Waals surface area contributed by atoms with Crippen molar-refractivity contribution in [2.75, 3.05) is 32.0 Å². The summed E-state index contributed by atoms with van der Waals surface area (Å²) < 4.78 is 0. The zero-order valence-corrected chi connectivity index (χ0v) is 20.5. The Bertz CT molecular complexity index is 871. The molecule has 0 atom stereocenters. The summed E-state index contributed by atoms with van der Waals surface area (Å²) in [5.74, 6) is 0.968. The minimum absolute atomic E-state index is 0. The number of hydrogen-bond donors (Lipinski definition) is 4. The number of pyridine rings is 1. The highest BCUT2D eigenvalue weighted by Gasteiger charge is 2.05. The van der Waals surface area contributed by atoms with Crippen molar-refractivity contribution < 1.29 is 9.59 Å². The number of guanidine groups is 1. The van der Waals surface area contributed by atoms with Gasteiger partial charge in [0.05, 0.1) is 6.54 Å². The Morgan fingerprint density at radius 3 is 2.61 bits per heavy atom. The van der Waals surface area contributed by atoms with E-state index in [1.54, 1.807) is 25.4 Å². The average Bonchev–Trinajstić information content (AvgIpc) is 2.75. The number of carbonyl (C=O) groups excluding carboxylic acids is 2. The van der Waals surface area contributed by atoms with E-state index in [9.17, 15) is 9.59 Å². The Balaban J connectivity index is 0.00000480. The fraction of sp³-hybridized carbons (Fsp3) is 0.364. The van der Waals surface area contributed by atoms with Crippen molar-refractivity contribution in [2.24, 2.45) is 4.99 Å². The molecule has 8 nitrogen and oxygen atoms in total. The summed E-state index contributed by atoms with van der Waals surface area (Å²) >= 11 is 0. The first-order chi connectivity index (χ1) is 14.5. The summed E-state index contributed by atoms with van der Waals surface area (Å²) in [4.78, 5) is 32.4. The van der Waals surface area contributed by atoms with Gasteiger partial charge in [-0.15, -0.1) is 24.0 Å². The Kier molecular flexibility index (Phi) is 12.2. The normalized spacial score (nSPS) is 10.6. The number of aliphatic imine (C=N–C) groups is 1. The molecule has 4 N–H and O–H groups in total. The third-order valence-corrected chi connectivity index (χ3v) is 4.25. The van der Waals surface area contributed by atoms with Crippen molar-refractivity contribution in [3.63, 3.8) is 0 Å². The van der Waals surface area contributed by atoms with Gasteiger partial charge < -0.3 is 21.3 Å². The number of benzene rings is 1. The molecular weight excluding hydrogens is 507 g/mol. The second-order valence-electron chi connectivity index (χ2n) is 6.74. The number of hydrogen-bond acceptors (Lipinski definition) is 4. The number of aromatic nitrogens is 1. The first-order valence-corrected chi connectivity index (χ1v) is 10.1. The zero-order chi connectivity index (χ0) is 21.8. The van der Waals surface area contributed by atoms with Crippen molar-refractivity contribution in [2.45, 2.75) is 26.7 Å². The van der Waals surface area contributed by atoms with Gasteiger partial charge in [-0.05, 0) is 49.6 Å². The van der Waals surface area contributed by atoms with Crippen molar-refractivity contribution >= 4 is 47.6 Å². The number of carbonyl (C=O) groups is 2. The summed E-state index contributed by atoms with van der Waals surface area (Å²) in [6.45, 7) is 5.67. The van der Waals surface area contributed by atoms with Gasteiger partial charge in [0.2, 0.25) is 5.91 Å². The van der Waals surface area contributed by atoms with E-state index in [4.69, 9.17) is 0 Å². The predicted molar refractivity (Wildman–Crippen MR) is 135 cm³/mol. The Labute approximate surface area is 200 Å². The Hall–Kier alpha value is -2.69. The zero-order valence-electron chi connectivity index (χ0n) is 18.2. The van der Waals surface area contributed by atoms with Gasteiger partial charge >= 0.3 is 0 Å². The maximum Gasteiger partial charge on any atom is 0.251 e. The van der Waals surface area contributed by atoms with Gasteiger partial charge in [0, 0.05) is 38.3 Å². The van der Waals surface area contributed by atoms with Gasteiger partial charge in [-0.3, -0.25) is 14.6 Å². The number of halogens is 1. The number of rotatable bonds is 9. The number of nitrogens with zero attached hydrogens (tertiary/aromatic N) is 2. The first-order valence-electron chi connectivity index (χ1n) is 10.1. The Morgan fingerprint density at radius 1 is 1.13 bits per heavy atom. The van der Waals surface area contributed by atoms with E-state index in [2.05, 4.69) is 31.2 Å². The minimum atomic E-state index is -0.128. The van der Waals surface area contributed by atoms with Crippen LogP contribution in [0.25, 0.3) is 0 Å². The lowest BCUT2D eigenvalue weighted by molar-refractivity contribution is -0.116. The predicted octanol–water partition coefficient (Wildman–Crippen LogP) is 2.49. The molecule has 0 aliphatic carbocycles. The second kappa shape index (κ2) is 14.3. The smallest absolute Gasteiger partial charge is 0.251 e. The van der Waals surface area contributed by atoms with Crippen LogP contribution in [0.4, 0.5) is 5.82 Å². The van der Waals surface area contributed by atoms with Crippen LogP contribution >= 0.6 is 24.0 Å². The maximum atomic E-state index is 12.1. The molecule has 168 valence electrons. The van der Waals surface area contributed by atoms with Gasteiger partial charge in [-0.25, -0.2) is 4.98 Å². The standard InChI is InChI=1S/C22H30N6O2.HI/c1-4-24-22(25-12-10-17-6-5-7-18(14-17)21(30)23-3)26-13-11-20(29)28-19-9-8-16(2)15-27-19;/h5-9,14-15H,4,10-13H2,1-3H3,(H,23,30)(H2,24,25,26)(H,27,28,29);1H. The van der Waals surface area contributed by atoms with Crippen molar-refractivity contribution in [3.8, 4) is 0 Å². The molecule has 1 heterocycles. The van der Waals surface area contributed by atoms with Crippen LogP contribution in [0.2, 0.25) is 0 Å². The van der Waals surface area contributed by atoms with Crippen LogP contribution in [-0.2, 0) is 11.2 Å². The van der Waals surface area contributed by atoms with E-state index in [-0.39, 0.29) is 42.2 Å². The van der Waals surface area contributed by atoms with Crippen LogP contribution in [0.3, 0.4) is 0 Å². The van der Waals surface area contributed by atoms with Crippen molar-refractivity contribution in [1.29, 1.82) is 0 Å². The fourth-order valence-electron chi connectivity index (χ4n) is 2.70. The number of anilines is 1. The SMILES string of the molecule is CCNC(=NCCC(=O)Nc1ccc(C)cn1)NCCc1cccc(C(=O)NC)c1.I. The van der Waals surface area contributed by atoms with Crippen LogP contribution < -0.4 is 21.3 Å². The molecule has 0 radical (unpaired) electrons. The summed E-state index contributed by atoms with van der Waals surface area (Å²) in [5.41, 5.74) is 2.74. The Morgan fingerprint density at radius 2 is 1.94 bits per heavy atom. The molecule has 2 amide bonds. The highest BCUT2D eigenvalue weighted by molar-refractivity contribution is 14.0. The summed E-state index contributed by atoms with van der Waals surface area (Å²) in [5, 5.41) is 11.8.